The van der Waals surface area contributed by atoms with Crippen LogP contribution in [0.5, 0.6) is 0 Å². The summed E-state index contributed by atoms with van der Waals surface area (Å²) in [5.41, 5.74) is 2.92. The van der Waals surface area contributed by atoms with Crippen LogP contribution in [0.4, 0.5) is 4.79 Å². The molecule has 2 fully saturated rings. The molecule has 1 amide bonds. The van der Waals surface area contributed by atoms with E-state index >= 15 is 0 Å². The van der Waals surface area contributed by atoms with Crippen molar-refractivity contribution < 1.29 is 19.7 Å². The number of hydrogen-bond donors (Lipinski definition) is 4. The maximum Gasteiger partial charge on any atom is 0.408 e. The summed E-state index contributed by atoms with van der Waals surface area (Å²) in [6, 6.07) is 0. The maximum absolute atomic E-state index is 11.7. The van der Waals surface area contributed by atoms with Crippen molar-refractivity contribution in [1.29, 1.82) is 0 Å². The number of carbonyl (C=O) groups excluding carboxylic acids is 1. The van der Waals surface area contributed by atoms with Crippen LogP contribution in [0.1, 0.15) is 87.0 Å². The SMILES string of the molecule is CC(C)(C)OC(=O)NC1(C(C)(C)O)CCC1.CC(C)(O)C1(N)CCC1. The molecule has 6 nitrogen and oxygen atoms in total. The minimum atomic E-state index is -0.915. The van der Waals surface area contributed by atoms with Gasteiger partial charge in [0.15, 0.2) is 0 Å². The van der Waals surface area contributed by atoms with Gasteiger partial charge in [-0.05, 0) is 87.0 Å². The fraction of sp³-hybridized carbons (Fsp3) is 0.947. The highest BCUT2D eigenvalue weighted by molar-refractivity contribution is 5.69. The van der Waals surface area contributed by atoms with E-state index in [4.69, 9.17) is 10.5 Å². The summed E-state index contributed by atoms with van der Waals surface area (Å²) in [7, 11) is 0. The topological polar surface area (TPSA) is 105 Å². The third kappa shape index (κ3) is 5.56. The van der Waals surface area contributed by atoms with Gasteiger partial charge in [0.25, 0.3) is 0 Å². The lowest BCUT2D eigenvalue weighted by molar-refractivity contribution is -0.0656. The van der Waals surface area contributed by atoms with Crippen molar-refractivity contribution in [3.63, 3.8) is 0 Å². The normalized spacial score (nSPS) is 21.8. The molecule has 2 aliphatic carbocycles. The molecule has 0 spiro atoms. The quantitative estimate of drug-likeness (QED) is 0.621. The third-order valence-corrected chi connectivity index (χ3v) is 5.58. The van der Waals surface area contributed by atoms with Gasteiger partial charge in [-0.3, -0.25) is 0 Å². The Morgan fingerprint density at radius 2 is 1.36 bits per heavy atom. The van der Waals surface area contributed by atoms with E-state index < -0.39 is 28.4 Å². The van der Waals surface area contributed by atoms with Crippen LogP contribution in [-0.4, -0.2) is 44.2 Å². The molecule has 0 unspecified atom stereocenters. The zero-order valence-corrected chi connectivity index (χ0v) is 17.0. The predicted octanol–water partition coefficient (Wildman–Crippen LogP) is 2.84. The summed E-state index contributed by atoms with van der Waals surface area (Å²) in [4.78, 5) is 11.7. The Hall–Kier alpha value is -0.850. The van der Waals surface area contributed by atoms with Crippen LogP contribution < -0.4 is 11.1 Å². The molecule has 5 N–H and O–H groups in total. The predicted molar refractivity (Wildman–Crippen MR) is 99.3 cm³/mol. The fourth-order valence-electron chi connectivity index (χ4n) is 3.09. The van der Waals surface area contributed by atoms with Crippen molar-refractivity contribution in [2.75, 3.05) is 0 Å². The Morgan fingerprint density at radius 3 is 1.52 bits per heavy atom. The lowest BCUT2D eigenvalue weighted by Gasteiger charge is -2.50. The van der Waals surface area contributed by atoms with Gasteiger partial charge >= 0.3 is 6.09 Å². The van der Waals surface area contributed by atoms with Crippen LogP contribution in [0.2, 0.25) is 0 Å². The van der Waals surface area contributed by atoms with Gasteiger partial charge in [0.2, 0.25) is 0 Å². The van der Waals surface area contributed by atoms with E-state index in [9.17, 15) is 15.0 Å². The van der Waals surface area contributed by atoms with E-state index in [1.54, 1.807) is 27.7 Å². The molecule has 0 radical (unpaired) electrons. The fourth-order valence-corrected chi connectivity index (χ4v) is 3.09. The second-order valence-electron chi connectivity index (χ2n) is 9.69. The van der Waals surface area contributed by atoms with Crippen LogP contribution in [0.25, 0.3) is 0 Å². The molecular formula is C19H38N2O4. The first-order valence-corrected chi connectivity index (χ1v) is 9.26. The van der Waals surface area contributed by atoms with E-state index in [2.05, 4.69) is 5.32 Å². The molecule has 6 heteroatoms. The number of rotatable bonds is 3. The molecule has 0 aliphatic heterocycles. The molecule has 0 aromatic heterocycles. The summed E-state index contributed by atoms with van der Waals surface area (Å²) in [5, 5.41) is 22.4. The Balaban J connectivity index is 0.000000293. The number of nitrogens with two attached hydrogens (primary N) is 1. The molecule has 2 saturated carbocycles. The van der Waals surface area contributed by atoms with Gasteiger partial charge in [-0.2, -0.15) is 0 Å². The number of nitrogens with one attached hydrogen (secondary N) is 1. The summed E-state index contributed by atoms with van der Waals surface area (Å²) >= 11 is 0. The first kappa shape index (κ1) is 22.2. The van der Waals surface area contributed by atoms with E-state index in [0.29, 0.717) is 0 Å². The first-order valence-electron chi connectivity index (χ1n) is 9.26. The summed E-state index contributed by atoms with van der Waals surface area (Å²) in [6.07, 6.45) is 5.29. The second-order valence-corrected chi connectivity index (χ2v) is 9.69. The van der Waals surface area contributed by atoms with Crippen LogP contribution in [0, 0.1) is 0 Å². The van der Waals surface area contributed by atoms with Crippen LogP contribution >= 0.6 is 0 Å². The van der Waals surface area contributed by atoms with E-state index in [1.807, 2.05) is 20.8 Å². The molecule has 0 atom stereocenters. The maximum atomic E-state index is 11.7. The van der Waals surface area contributed by atoms with Crippen LogP contribution in [0.15, 0.2) is 0 Å². The highest BCUT2D eigenvalue weighted by atomic mass is 16.6. The molecule has 2 aliphatic rings. The van der Waals surface area contributed by atoms with Gasteiger partial charge in [-0.1, -0.05) is 0 Å². The number of carbonyl (C=O) groups is 1. The molecule has 148 valence electrons. The van der Waals surface area contributed by atoms with Crippen LogP contribution in [0.3, 0.4) is 0 Å². The lowest BCUT2D eigenvalue weighted by atomic mass is 9.67. The standard InChI is InChI=1S/C12H23NO3.C7H15NO/c1-10(2,3)16-9(14)13-12(7-6-8-12)11(4,5)15;1-6(2,9)7(8)4-3-5-7/h15H,6-8H2,1-5H3,(H,13,14);9H,3-5,8H2,1-2H3. The first-order chi connectivity index (χ1) is 11.0. The number of ether oxygens (including phenoxy) is 1. The zero-order valence-electron chi connectivity index (χ0n) is 17.0. The summed E-state index contributed by atoms with van der Waals surface area (Å²) in [6.45, 7) is 12.5. The van der Waals surface area contributed by atoms with E-state index in [-0.39, 0.29) is 5.54 Å². The van der Waals surface area contributed by atoms with Crippen molar-refractivity contribution in [3.8, 4) is 0 Å². The minimum Gasteiger partial charge on any atom is -0.444 e. The largest absolute Gasteiger partial charge is 0.444 e. The van der Waals surface area contributed by atoms with Gasteiger partial charge in [0.1, 0.15) is 5.60 Å². The number of amides is 1. The summed E-state index contributed by atoms with van der Waals surface area (Å²) in [5.74, 6) is 0. The smallest absolute Gasteiger partial charge is 0.408 e. The second kappa shape index (κ2) is 7.05. The van der Waals surface area contributed by atoms with Crippen molar-refractivity contribution in [3.05, 3.63) is 0 Å². The van der Waals surface area contributed by atoms with Crippen molar-refractivity contribution in [2.24, 2.45) is 5.73 Å². The molecule has 0 heterocycles. The summed E-state index contributed by atoms with van der Waals surface area (Å²) < 4.78 is 5.20. The van der Waals surface area contributed by atoms with Gasteiger partial charge in [-0.15, -0.1) is 0 Å². The molecule has 0 aromatic rings. The van der Waals surface area contributed by atoms with Crippen molar-refractivity contribution in [2.45, 2.75) is 115 Å². The number of alkyl carbamates (subject to hydrolysis) is 1. The Kier molecular flexibility index (Phi) is 6.25. The van der Waals surface area contributed by atoms with Gasteiger partial charge in [-0.25, -0.2) is 4.79 Å². The minimum absolute atomic E-state index is 0.285. The van der Waals surface area contributed by atoms with Gasteiger partial charge in [0.05, 0.1) is 16.7 Å². The molecule has 0 aromatic carbocycles. The van der Waals surface area contributed by atoms with Crippen LogP contribution in [-0.2, 0) is 4.74 Å². The number of aliphatic hydroxyl groups is 2. The average Bonchev–Trinajstić information content (AvgIpc) is 2.26. The number of hydrogen-bond acceptors (Lipinski definition) is 5. The zero-order chi connectivity index (χ0) is 19.7. The highest BCUT2D eigenvalue weighted by Crippen LogP contribution is 2.41. The molecule has 25 heavy (non-hydrogen) atoms. The Morgan fingerprint density at radius 1 is 0.920 bits per heavy atom. The average molecular weight is 359 g/mol. The Labute approximate surface area is 152 Å². The van der Waals surface area contributed by atoms with Crippen molar-refractivity contribution in [1.82, 2.24) is 5.32 Å². The third-order valence-electron chi connectivity index (χ3n) is 5.58. The monoisotopic (exact) mass is 358 g/mol. The van der Waals surface area contributed by atoms with Gasteiger partial charge < -0.3 is 26.0 Å². The van der Waals surface area contributed by atoms with E-state index in [1.165, 1.54) is 6.42 Å². The van der Waals surface area contributed by atoms with Crippen molar-refractivity contribution >= 4 is 6.09 Å². The molecule has 0 bridgehead atoms. The lowest BCUT2D eigenvalue weighted by Crippen LogP contribution is -2.66. The highest BCUT2D eigenvalue weighted by Gasteiger charge is 2.50. The molecule has 0 saturated heterocycles. The molecule has 2 rings (SSSR count). The Bertz CT molecular complexity index is 461. The molecular weight excluding hydrogens is 320 g/mol. The van der Waals surface area contributed by atoms with Gasteiger partial charge in [0, 0.05) is 5.54 Å². The van der Waals surface area contributed by atoms with E-state index in [0.717, 1.165) is 32.1 Å².